The summed E-state index contributed by atoms with van der Waals surface area (Å²) in [4.78, 5) is 2.02. The maximum Gasteiger partial charge on any atom is 0.167 e. The Hall–Kier alpha value is -1.42. The number of fused-ring (bicyclic) bond motifs is 1. The van der Waals surface area contributed by atoms with Crippen molar-refractivity contribution in [3.05, 3.63) is 30.0 Å². The SMILES string of the molecule is FC1CN(Cc2noc3ccccc23)C1. The van der Waals surface area contributed by atoms with Gasteiger partial charge in [0.2, 0.25) is 0 Å². The monoisotopic (exact) mass is 206 g/mol. The predicted molar refractivity (Wildman–Crippen MR) is 54.2 cm³/mol. The Morgan fingerprint density at radius 3 is 3.00 bits per heavy atom. The first-order valence-corrected chi connectivity index (χ1v) is 5.02. The lowest BCUT2D eigenvalue weighted by Gasteiger charge is -2.33. The molecule has 78 valence electrons. The summed E-state index contributed by atoms with van der Waals surface area (Å²) in [6.45, 7) is 1.71. The number of hydrogen-bond donors (Lipinski definition) is 0. The van der Waals surface area contributed by atoms with Crippen LogP contribution < -0.4 is 0 Å². The molecule has 15 heavy (non-hydrogen) atoms. The summed E-state index contributed by atoms with van der Waals surface area (Å²) in [5.41, 5.74) is 1.70. The summed E-state index contributed by atoms with van der Waals surface area (Å²) in [6.07, 6.45) is -0.664. The molecular formula is C11H11FN2O. The molecule has 4 heteroatoms. The van der Waals surface area contributed by atoms with Gasteiger partial charge in [-0.3, -0.25) is 4.90 Å². The fourth-order valence-electron chi connectivity index (χ4n) is 1.90. The third-order valence-electron chi connectivity index (χ3n) is 2.74. The third kappa shape index (κ3) is 1.51. The number of halogens is 1. The third-order valence-corrected chi connectivity index (χ3v) is 2.74. The average molecular weight is 206 g/mol. The summed E-state index contributed by atoms with van der Waals surface area (Å²) < 4.78 is 17.8. The van der Waals surface area contributed by atoms with E-state index >= 15 is 0 Å². The van der Waals surface area contributed by atoms with Gasteiger partial charge in [0.05, 0.1) is 0 Å². The van der Waals surface area contributed by atoms with Gasteiger partial charge in [-0.15, -0.1) is 0 Å². The predicted octanol–water partition coefficient (Wildman–Crippen LogP) is 1.98. The first-order chi connectivity index (χ1) is 7.33. The standard InChI is InChI=1S/C11H11FN2O/c12-8-5-14(6-8)7-10-9-3-1-2-4-11(9)15-13-10/h1-4,8H,5-7H2. The molecule has 1 fully saturated rings. The molecule has 0 spiro atoms. The summed E-state index contributed by atoms with van der Waals surface area (Å²) >= 11 is 0. The summed E-state index contributed by atoms with van der Waals surface area (Å²) in [7, 11) is 0. The number of nitrogens with zero attached hydrogens (tertiary/aromatic N) is 2. The van der Waals surface area contributed by atoms with Crippen molar-refractivity contribution in [2.24, 2.45) is 0 Å². The van der Waals surface area contributed by atoms with E-state index in [0.29, 0.717) is 19.6 Å². The van der Waals surface area contributed by atoms with Crippen molar-refractivity contribution in [3.8, 4) is 0 Å². The topological polar surface area (TPSA) is 29.3 Å². The molecule has 1 aliphatic rings. The molecular weight excluding hydrogens is 195 g/mol. The normalized spacial score (nSPS) is 18.2. The second-order valence-corrected chi connectivity index (χ2v) is 3.92. The Bertz CT molecular complexity index is 476. The molecule has 2 aromatic rings. The molecule has 0 N–H and O–H groups in total. The van der Waals surface area contributed by atoms with Gasteiger partial charge >= 0.3 is 0 Å². The Kier molecular flexibility index (Phi) is 1.95. The van der Waals surface area contributed by atoms with Gasteiger partial charge < -0.3 is 4.52 Å². The Balaban J connectivity index is 1.85. The Morgan fingerprint density at radius 2 is 2.20 bits per heavy atom. The first kappa shape index (κ1) is 8.85. The highest BCUT2D eigenvalue weighted by Gasteiger charge is 2.27. The van der Waals surface area contributed by atoms with Gasteiger partial charge in [0.1, 0.15) is 11.9 Å². The first-order valence-electron chi connectivity index (χ1n) is 5.02. The van der Waals surface area contributed by atoms with Gasteiger partial charge in [-0.05, 0) is 12.1 Å². The van der Waals surface area contributed by atoms with Crippen molar-refractivity contribution in [1.29, 1.82) is 0 Å². The van der Waals surface area contributed by atoms with Crippen LogP contribution in [0.1, 0.15) is 5.69 Å². The number of rotatable bonds is 2. The number of hydrogen-bond acceptors (Lipinski definition) is 3. The summed E-state index contributed by atoms with van der Waals surface area (Å²) in [5, 5.41) is 5.03. The van der Waals surface area contributed by atoms with Gasteiger partial charge in [-0.1, -0.05) is 17.3 Å². The quantitative estimate of drug-likeness (QED) is 0.752. The number of likely N-dealkylation sites (tertiary alicyclic amines) is 1. The van der Waals surface area contributed by atoms with E-state index in [9.17, 15) is 4.39 Å². The van der Waals surface area contributed by atoms with Crippen LogP contribution in [0.5, 0.6) is 0 Å². The highest BCUT2D eigenvalue weighted by Crippen LogP contribution is 2.21. The molecule has 2 heterocycles. The second kappa shape index (κ2) is 3.31. The van der Waals surface area contributed by atoms with Gasteiger partial charge in [0, 0.05) is 25.0 Å². The lowest BCUT2D eigenvalue weighted by atomic mass is 10.1. The van der Waals surface area contributed by atoms with E-state index < -0.39 is 6.17 Å². The molecule has 0 amide bonds. The minimum Gasteiger partial charge on any atom is -0.356 e. The lowest BCUT2D eigenvalue weighted by Crippen LogP contribution is -2.47. The molecule has 3 nitrogen and oxygen atoms in total. The van der Waals surface area contributed by atoms with Gasteiger partial charge in [-0.25, -0.2) is 4.39 Å². The van der Waals surface area contributed by atoms with Crippen LogP contribution in [0.4, 0.5) is 4.39 Å². The molecule has 0 radical (unpaired) electrons. The highest BCUT2D eigenvalue weighted by molar-refractivity contribution is 5.79. The van der Waals surface area contributed by atoms with Gasteiger partial charge in [0.25, 0.3) is 0 Å². The van der Waals surface area contributed by atoms with Crippen molar-refractivity contribution in [3.63, 3.8) is 0 Å². The molecule has 0 atom stereocenters. The molecule has 1 aromatic carbocycles. The molecule has 1 saturated heterocycles. The van der Waals surface area contributed by atoms with Gasteiger partial charge in [0.15, 0.2) is 5.58 Å². The Morgan fingerprint density at radius 1 is 1.40 bits per heavy atom. The van der Waals surface area contributed by atoms with E-state index in [0.717, 1.165) is 16.7 Å². The molecule has 1 aliphatic heterocycles. The fourth-order valence-corrected chi connectivity index (χ4v) is 1.90. The van der Waals surface area contributed by atoms with Crippen LogP contribution in [-0.2, 0) is 6.54 Å². The Labute approximate surface area is 86.5 Å². The summed E-state index contributed by atoms with van der Waals surface area (Å²) in [6, 6.07) is 7.74. The smallest absolute Gasteiger partial charge is 0.167 e. The van der Waals surface area contributed by atoms with Crippen molar-refractivity contribution >= 4 is 11.0 Å². The maximum atomic E-state index is 12.6. The van der Waals surface area contributed by atoms with E-state index in [1.807, 2.05) is 29.2 Å². The van der Waals surface area contributed by atoms with Crippen molar-refractivity contribution in [2.75, 3.05) is 13.1 Å². The molecule has 3 rings (SSSR count). The second-order valence-electron chi connectivity index (χ2n) is 3.92. The number of para-hydroxylation sites is 1. The number of aromatic nitrogens is 1. The van der Waals surface area contributed by atoms with Crippen molar-refractivity contribution in [1.82, 2.24) is 10.1 Å². The number of alkyl halides is 1. The van der Waals surface area contributed by atoms with Crippen LogP contribution in [0.2, 0.25) is 0 Å². The van der Waals surface area contributed by atoms with Crippen molar-refractivity contribution in [2.45, 2.75) is 12.7 Å². The largest absolute Gasteiger partial charge is 0.356 e. The van der Waals surface area contributed by atoms with Crippen LogP contribution in [0.3, 0.4) is 0 Å². The molecule has 0 saturated carbocycles. The number of benzene rings is 1. The average Bonchev–Trinajstić information content (AvgIpc) is 2.60. The van der Waals surface area contributed by atoms with Crippen LogP contribution in [0, 0.1) is 0 Å². The molecule has 0 aliphatic carbocycles. The molecule has 0 bridgehead atoms. The zero-order chi connectivity index (χ0) is 10.3. The van der Waals surface area contributed by atoms with Crippen LogP contribution >= 0.6 is 0 Å². The van der Waals surface area contributed by atoms with Crippen molar-refractivity contribution < 1.29 is 8.91 Å². The van der Waals surface area contributed by atoms with E-state index in [1.165, 1.54) is 0 Å². The highest BCUT2D eigenvalue weighted by atomic mass is 19.1. The zero-order valence-electron chi connectivity index (χ0n) is 8.19. The molecule has 0 unspecified atom stereocenters. The van der Waals surface area contributed by atoms with Crippen LogP contribution in [-0.4, -0.2) is 29.3 Å². The van der Waals surface area contributed by atoms with E-state index in [4.69, 9.17) is 4.52 Å². The minimum absolute atomic E-state index is 0.515. The lowest BCUT2D eigenvalue weighted by molar-refractivity contribution is 0.0575. The van der Waals surface area contributed by atoms with Crippen LogP contribution in [0.25, 0.3) is 11.0 Å². The summed E-state index contributed by atoms with van der Waals surface area (Å²) in [5.74, 6) is 0. The minimum atomic E-state index is -0.664. The van der Waals surface area contributed by atoms with E-state index in [1.54, 1.807) is 0 Å². The maximum absolute atomic E-state index is 12.6. The zero-order valence-corrected chi connectivity index (χ0v) is 8.19. The van der Waals surface area contributed by atoms with Gasteiger partial charge in [-0.2, -0.15) is 0 Å². The fraction of sp³-hybridized carbons (Fsp3) is 0.364. The van der Waals surface area contributed by atoms with E-state index in [2.05, 4.69) is 5.16 Å². The van der Waals surface area contributed by atoms with Crippen LogP contribution in [0.15, 0.2) is 28.8 Å². The molecule has 1 aromatic heterocycles. The van der Waals surface area contributed by atoms with E-state index in [-0.39, 0.29) is 0 Å².